The number of carbonyl (C=O) groups excluding carboxylic acids is 3. The van der Waals surface area contributed by atoms with E-state index in [0.717, 1.165) is 0 Å². The SMILES string of the molecule is CCOc1ccc(NC(=O)COC(=O)[C@@H]2CC(=O)N(c3ccc(OCC)cc3)C2)cc1. The molecule has 8 heteroatoms. The summed E-state index contributed by atoms with van der Waals surface area (Å²) in [6, 6.07) is 14.0. The maximum atomic E-state index is 12.4. The Labute approximate surface area is 181 Å². The van der Waals surface area contributed by atoms with Crippen molar-refractivity contribution in [2.24, 2.45) is 5.92 Å². The summed E-state index contributed by atoms with van der Waals surface area (Å²) >= 11 is 0. The van der Waals surface area contributed by atoms with Crippen molar-refractivity contribution in [1.82, 2.24) is 0 Å². The molecule has 1 N–H and O–H groups in total. The number of nitrogens with zero attached hydrogens (tertiary/aromatic N) is 1. The average Bonchev–Trinajstić information content (AvgIpc) is 3.16. The zero-order valence-corrected chi connectivity index (χ0v) is 17.6. The molecule has 1 aliphatic rings. The number of hydrogen-bond acceptors (Lipinski definition) is 6. The molecule has 1 aliphatic heterocycles. The molecule has 0 bridgehead atoms. The summed E-state index contributed by atoms with van der Waals surface area (Å²) in [5.41, 5.74) is 1.26. The van der Waals surface area contributed by atoms with Crippen LogP contribution in [-0.4, -0.2) is 44.1 Å². The van der Waals surface area contributed by atoms with Crippen molar-refractivity contribution in [1.29, 1.82) is 0 Å². The first-order valence-corrected chi connectivity index (χ1v) is 10.2. The second-order valence-corrected chi connectivity index (χ2v) is 6.95. The molecule has 2 aromatic rings. The molecule has 0 aliphatic carbocycles. The molecule has 2 aromatic carbocycles. The fourth-order valence-corrected chi connectivity index (χ4v) is 3.26. The van der Waals surface area contributed by atoms with Gasteiger partial charge in [-0.2, -0.15) is 0 Å². The summed E-state index contributed by atoms with van der Waals surface area (Å²) < 4.78 is 15.9. The second kappa shape index (κ2) is 10.5. The number of benzene rings is 2. The second-order valence-electron chi connectivity index (χ2n) is 6.95. The van der Waals surface area contributed by atoms with Gasteiger partial charge in [0.25, 0.3) is 5.91 Å². The van der Waals surface area contributed by atoms with E-state index >= 15 is 0 Å². The quantitative estimate of drug-likeness (QED) is 0.620. The third-order valence-corrected chi connectivity index (χ3v) is 4.71. The maximum Gasteiger partial charge on any atom is 0.311 e. The van der Waals surface area contributed by atoms with Crippen LogP contribution < -0.4 is 19.7 Å². The highest BCUT2D eigenvalue weighted by Gasteiger charge is 2.36. The van der Waals surface area contributed by atoms with Gasteiger partial charge in [0.2, 0.25) is 5.91 Å². The first-order valence-electron chi connectivity index (χ1n) is 10.2. The normalized spacial score (nSPS) is 15.5. The molecule has 1 fully saturated rings. The highest BCUT2D eigenvalue weighted by Crippen LogP contribution is 2.27. The van der Waals surface area contributed by atoms with E-state index in [1.807, 2.05) is 13.8 Å². The lowest BCUT2D eigenvalue weighted by Gasteiger charge is -2.17. The molecule has 3 rings (SSSR count). The Bertz CT molecular complexity index is 911. The van der Waals surface area contributed by atoms with Crippen molar-refractivity contribution in [2.75, 3.05) is 36.6 Å². The lowest BCUT2D eigenvalue weighted by molar-refractivity contribution is -0.151. The van der Waals surface area contributed by atoms with Crippen LogP contribution in [0.15, 0.2) is 48.5 Å². The van der Waals surface area contributed by atoms with Crippen LogP contribution in [-0.2, 0) is 19.1 Å². The van der Waals surface area contributed by atoms with Gasteiger partial charge in [0.05, 0.1) is 19.1 Å². The van der Waals surface area contributed by atoms with Gasteiger partial charge in [-0.3, -0.25) is 14.4 Å². The van der Waals surface area contributed by atoms with Gasteiger partial charge in [-0.15, -0.1) is 0 Å². The first kappa shape index (κ1) is 22.1. The molecular weight excluding hydrogens is 400 g/mol. The Morgan fingerprint density at radius 3 is 2.13 bits per heavy atom. The predicted octanol–water partition coefficient (Wildman–Crippen LogP) is 3.02. The van der Waals surface area contributed by atoms with Crippen LogP contribution in [0.4, 0.5) is 11.4 Å². The van der Waals surface area contributed by atoms with Crippen LogP contribution in [0.1, 0.15) is 20.3 Å². The summed E-state index contributed by atoms with van der Waals surface area (Å²) in [4.78, 5) is 38.3. The monoisotopic (exact) mass is 426 g/mol. The van der Waals surface area contributed by atoms with Crippen LogP contribution in [0.2, 0.25) is 0 Å². The van der Waals surface area contributed by atoms with Gasteiger partial charge >= 0.3 is 5.97 Å². The molecule has 1 heterocycles. The molecule has 164 valence electrons. The van der Waals surface area contributed by atoms with Crippen LogP contribution in [0.3, 0.4) is 0 Å². The lowest BCUT2D eigenvalue weighted by atomic mass is 10.1. The van der Waals surface area contributed by atoms with E-state index in [-0.39, 0.29) is 18.9 Å². The van der Waals surface area contributed by atoms with E-state index in [0.29, 0.717) is 36.1 Å². The third kappa shape index (κ3) is 5.97. The zero-order valence-electron chi connectivity index (χ0n) is 17.6. The summed E-state index contributed by atoms with van der Waals surface area (Å²) in [5, 5.41) is 2.66. The van der Waals surface area contributed by atoms with Crippen molar-refractivity contribution in [3.8, 4) is 11.5 Å². The topological polar surface area (TPSA) is 94.2 Å². The van der Waals surface area contributed by atoms with E-state index in [1.165, 1.54) is 0 Å². The van der Waals surface area contributed by atoms with E-state index in [9.17, 15) is 14.4 Å². The summed E-state index contributed by atoms with van der Waals surface area (Å²) in [6.07, 6.45) is 0.0482. The fraction of sp³-hybridized carbons (Fsp3) is 0.348. The third-order valence-electron chi connectivity index (χ3n) is 4.71. The fourth-order valence-electron chi connectivity index (χ4n) is 3.26. The number of rotatable bonds is 9. The van der Waals surface area contributed by atoms with Gasteiger partial charge in [-0.05, 0) is 62.4 Å². The van der Waals surface area contributed by atoms with Crippen molar-refractivity contribution < 1.29 is 28.6 Å². The van der Waals surface area contributed by atoms with Crippen LogP contribution >= 0.6 is 0 Å². The number of anilines is 2. The molecule has 0 unspecified atom stereocenters. The van der Waals surface area contributed by atoms with E-state index in [2.05, 4.69) is 5.32 Å². The smallest absolute Gasteiger partial charge is 0.311 e. The van der Waals surface area contributed by atoms with E-state index in [1.54, 1.807) is 53.4 Å². The minimum Gasteiger partial charge on any atom is -0.494 e. The summed E-state index contributed by atoms with van der Waals surface area (Å²) in [6.45, 7) is 4.70. The van der Waals surface area contributed by atoms with Gasteiger partial charge in [0, 0.05) is 24.3 Å². The van der Waals surface area contributed by atoms with Crippen molar-refractivity contribution in [3.63, 3.8) is 0 Å². The molecule has 0 saturated carbocycles. The van der Waals surface area contributed by atoms with Crippen LogP contribution in [0, 0.1) is 5.92 Å². The van der Waals surface area contributed by atoms with Crippen LogP contribution in [0.5, 0.6) is 11.5 Å². The number of esters is 1. The van der Waals surface area contributed by atoms with Gasteiger partial charge in [-0.25, -0.2) is 0 Å². The number of amides is 2. The Balaban J connectivity index is 1.48. The Kier molecular flexibility index (Phi) is 7.48. The Hall–Kier alpha value is -3.55. The molecule has 0 spiro atoms. The highest BCUT2D eigenvalue weighted by molar-refractivity contribution is 6.00. The molecule has 31 heavy (non-hydrogen) atoms. The van der Waals surface area contributed by atoms with Crippen LogP contribution in [0.25, 0.3) is 0 Å². The number of nitrogens with one attached hydrogen (secondary N) is 1. The minimum absolute atomic E-state index is 0.0482. The summed E-state index contributed by atoms with van der Waals surface area (Å²) in [5.74, 6) is -0.376. The number of carbonyl (C=O) groups is 3. The number of ether oxygens (including phenoxy) is 3. The van der Waals surface area contributed by atoms with Gasteiger partial charge < -0.3 is 24.4 Å². The molecular formula is C23H26N2O6. The molecule has 0 radical (unpaired) electrons. The summed E-state index contributed by atoms with van der Waals surface area (Å²) in [7, 11) is 0. The number of hydrogen-bond donors (Lipinski definition) is 1. The van der Waals surface area contributed by atoms with Gasteiger partial charge in [0.15, 0.2) is 6.61 Å². The average molecular weight is 426 g/mol. The molecule has 1 atom stereocenters. The largest absolute Gasteiger partial charge is 0.494 e. The molecule has 2 amide bonds. The van der Waals surface area contributed by atoms with Crippen molar-refractivity contribution >= 4 is 29.2 Å². The van der Waals surface area contributed by atoms with Crippen molar-refractivity contribution in [2.45, 2.75) is 20.3 Å². The molecule has 1 saturated heterocycles. The minimum atomic E-state index is -0.614. The van der Waals surface area contributed by atoms with E-state index < -0.39 is 24.4 Å². The Morgan fingerprint density at radius 2 is 1.55 bits per heavy atom. The van der Waals surface area contributed by atoms with Gasteiger partial charge in [-0.1, -0.05) is 0 Å². The molecule has 0 aromatic heterocycles. The maximum absolute atomic E-state index is 12.4. The van der Waals surface area contributed by atoms with Crippen molar-refractivity contribution in [3.05, 3.63) is 48.5 Å². The van der Waals surface area contributed by atoms with E-state index in [4.69, 9.17) is 14.2 Å². The highest BCUT2D eigenvalue weighted by atomic mass is 16.5. The lowest BCUT2D eigenvalue weighted by Crippen LogP contribution is -2.28. The molecule has 8 nitrogen and oxygen atoms in total. The predicted molar refractivity (Wildman–Crippen MR) is 115 cm³/mol. The Morgan fingerprint density at radius 1 is 0.968 bits per heavy atom. The first-order chi connectivity index (χ1) is 15.0. The zero-order chi connectivity index (χ0) is 22.2. The van der Waals surface area contributed by atoms with Gasteiger partial charge in [0.1, 0.15) is 11.5 Å². The standard InChI is InChI=1S/C23H26N2O6/c1-3-29-19-9-5-17(6-10-19)24-21(26)15-31-23(28)16-13-22(27)25(14-16)18-7-11-20(12-8-18)30-4-2/h5-12,16H,3-4,13-15H2,1-2H3,(H,24,26)/t16-/m1/s1.